The lowest BCUT2D eigenvalue weighted by atomic mass is 10.2. The SMILES string of the molecule is C=CCNOC(=O)C(C)=CC(N)C=C. The normalized spacial score (nSPS) is 13.1. The van der Waals surface area contributed by atoms with E-state index in [-0.39, 0.29) is 6.04 Å². The molecule has 0 spiro atoms. The van der Waals surface area contributed by atoms with Gasteiger partial charge in [-0.05, 0) is 6.92 Å². The minimum atomic E-state index is -0.454. The molecule has 78 valence electrons. The van der Waals surface area contributed by atoms with Gasteiger partial charge in [0.1, 0.15) is 0 Å². The predicted octanol–water partition coefficient (Wildman–Crippen LogP) is 0.680. The Labute approximate surface area is 84.1 Å². The zero-order valence-electron chi connectivity index (χ0n) is 8.32. The van der Waals surface area contributed by atoms with Crippen molar-refractivity contribution in [3.63, 3.8) is 0 Å². The minimum absolute atomic E-state index is 0.332. The Kier molecular flexibility index (Phi) is 6.36. The van der Waals surface area contributed by atoms with Crippen molar-refractivity contribution in [1.29, 1.82) is 0 Å². The van der Waals surface area contributed by atoms with E-state index in [0.717, 1.165) is 0 Å². The molecule has 0 rings (SSSR count). The van der Waals surface area contributed by atoms with E-state index in [4.69, 9.17) is 5.73 Å². The monoisotopic (exact) mass is 196 g/mol. The highest BCUT2D eigenvalue weighted by Gasteiger charge is 2.05. The van der Waals surface area contributed by atoms with Crippen LogP contribution in [0, 0.1) is 0 Å². The third kappa shape index (κ3) is 5.29. The van der Waals surface area contributed by atoms with Crippen LogP contribution in [0.5, 0.6) is 0 Å². The molecule has 3 N–H and O–H groups in total. The predicted molar refractivity (Wildman–Crippen MR) is 56.2 cm³/mol. The number of carbonyl (C=O) groups excluding carboxylic acids is 1. The van der Waals surface area contributed by atoms with E-state index < -0.39 is 5.97 Å². The summed E-state index contributed by atoms with van der Waals surface area (Å²) in [7, 11) is 0. The molecule has 0 bridgehead atoms. The summed E-state index contributed by atoms with van der Waals surface area (Å²) in [6.45, 7) is 9.00. The topological polar surface area (TPSA) is 64.3 Å². The van der Waals surface area contributed by atoms with Crippen LogP contribution >= 0.6 is 0 Å². The molecule has 0 heterocycles. The lowest BCUT2D eigenvalue weighted by Crippen LogP contribution is -2.22. The zero-order chi connectivity index (χ0) is 11.0. The number of nitrogens with two attached hydrogens (primary N) is 1. The summed E-state index contributed by atoms with van der Waals surface area (Å²) in [5, 5.41) is 0. The Bertz CT molecular complexity index is 247. The second kappa shape index (κ2) is 7.06. The van der Waals surface area contributed by atoms with Crippen molar-refractivity contribution in [2.45, 2.75) is 13.0 Å². The third-order valence-corrected chi connectivity index (χ3v) is 1.43. The number of nitrogens with one attached hydrogen (secondary N) is 1. The average Bonchev–Trinajstić information content (AvgIpc) is 2.17. The fourth-order valence-corrected chi connectivity index (χ4v) is 0.671. The van der Waals surface area contributed by atoms with E-state index in [0.29, 0.717) is 12.1 Å². The first-order chi connectivity index (χ1) is 6.61. The van der Waals surface area contributed by atoms with Gasteiger partial charge in [-0.3, -0.25) is 0 Å². The molecule has 4 heteroatoms. The van der Waals surface area contributed by atoms with Crippen LogP contribution in [-0.4, -0.2) is 18.6 Å². The van der Waals surface area contributed by atoms with Crippen molar-refractivity contribution in [2.75, 3.05) is 6.54 Å². The number of carbonyl (C=O) groups is 1. The molecule has 0 aliphatic carbocycles. The van der Waals surface area contributed by atoms with E-state index in [9.17, 15) is 4.79 Å². The fourth-order valence-electron chi connectivity index (χ4n) is 0.671. The quantitative estimate of drug-likeness (QED) is 0.284. The van der Waals surface area contributed by atoms with Crippen LogP contribution < -0.4 is 11.2 Å². The lowest BCUT2D eigenvalue weighted by Gasteiger charge is -2.04. The molecule has 0 aliphatic rings. The first kappa shape index (κ1) is 12.6. The fraction of sp³-hybridized carbons (Fsp3) is 0.300. The van der Waals surface area contributed by atoms with Crippen LogP contribution in [-0.2, 0) is 9.63 Å². The first-order valence-corrected chi connectivity index (χ1v) is 4.23. The zero-order valence-corrected chi connectivity index (χ0v) is 8.32. The molecule has 4 nitrogen and oxygen atoms in total. The molecule has 0 radical (unpaired) electrons. The third-order valence-electron chi connectivity index (χ3n) is 1.43. The van der Waals surface area contributed by atoms with Gasteiger partial charge in [-0.25, -0.2) is 4.79 Å². The van der Waals surface area contributed by atoms with E-state index in [1.807, 2.05) is 0 Å². The molecule has 0 aromatic heterocycles. The Morgan fingerprint density at radius 3 is 2.79 bits per heavy atom. The van der Waals surface area contributed by atoms with Crippen LogP contribution in [0.2, 0.25) is 0 Å². The lowest BCUT2D eigenvalue weighted by molar-refractivity contribution is -0.145. The molecule has 0 aromatic carbocycles. The molecule has 1 unspecified atom stereocenters. The number of hydrogen-bond donors (Lipinski definition) is 2. The van der Waals surface area contributed by atoms with Crippen molar-refractivity contribution in [1.82, 2.24) is 5.48 Å². The Hall–Kier alpha value is -1.39. The summed E-state index contributed by atoms with van der Waals surface area (Å²) in [4.78, 5) is 15.9. The molecule has 0 saturated heterocycles. The molecule has 0 fully saturated rings. The number of hydrogen-bond acceptors (Lipinski definition) is 4. The molecule has 0 saturated carbocycles. The molecule has 0 amide bonds. The smallest absolute Gasteiger partial charge is 0.352 e. The van der Waals surface area contributed by atoms with Gasteiger partial charge in [-0.1, -0.05) is 18.2 Å². The average molecular weight is 196 g/mol. The molecule has 14 heavy (non-hydrogen) atoms. The maximum Gasteiger partial charge on any atom is 0.352 e. The van der Waals surface area contributed by atoms with Crippen LogP contribution in [0.15, 0.2) is 37.0 Å². The molecule has 0 aliphatic heterocycles. The minimum Gasteiger partial charge on any atom is -0.367 e. The number of rotatable bonds is 6. The van der Waals surface area contributed by atoms with E-state index in [2.05, 4.69) is 23.5 Å². The maximum atomic E-state index is 11.2. The summed E-state index contributed by atoms with van der Waals surface area (Å²) < 4.78 is 0. The highest BCUT2D eigenvalue weighted by molar-refractivity contribution is 5.87. The highest BCUT2D eigenvalue weighted by atomic mass is 16.7. The van der Waals surface area contributed by atoms with E-state index in [1.54, 1.807) is 19.1 Å². The maximum absolute atomic E-state index is 11.2. The van der Waals surface area contributed by atoms with Gasteiger partial charge in [0, 0.05) is 18.2 Å². The van der Waals surface area contributed by atoms with Crippen molar-refractivity contribution in [3.05, 3.63) is 37.0 Å². The molecule has 0 aromatic rings. The van der Waals surface area contributed by atoms with Crippen LogP contribution in [0.3, 0.4) is 0 Å². The van der Waals surface area contributed by atoms with Crippen LogP contribution in [0.4, 0.5) is 0 Å². The Morgan fingerprint density at radius 1 is 1.64 bits per heavy atom. The Balaban J connectivity index is 4.04. The second-order valence-corrected chi connectivity index (χ2v) is 2.69. The largest absolute Gasteiger partial charge is 0.367 e. The summed E-state index contributed by atoms with van der Waals surface area (Å²) in [6.07, 6.45) is 4.70. The van der Waals surface area contributed by atoms with Crippen molar-refractivity contribution in [2.24, 2.45) is 5.73 Å². The van der Waals surface area contributed by atoms with Crippen LogP contribution in [0.25, 0.3) is 0 Å². The van der Waals surface area contributed by atoms with Crippen molar-refractivity contribution in [3.8, 4) is 0 Å². The van der Waals surface area contributed by atoms with Gasteiger partial charge in [0.25, 0.3) is 0 Å². The van der Waals surface area contributed by atoms with Crippen molar-refractivity contribution < 1.29 is 9.63 Å². The van der Waals surface area contributed by atoms with Gasteiger partial charge in [-0.15, -0.1) is 18.6 Å². The number of hydroxylamine groups is 1. The standard InChI is InChI=1S/C10H16N2O2/c1-4-6-12-14-10(13)8(3)7-9(11)5-2/h4-5,7,9,12H,1-2,6,11H2,3H3. The van der Waals surface area contributed by atoms with Crippen molar-refractivity contribution >= 4 is 5.97 Å². The molecular formula is C10H16N2O2. The van der Waals surface area contributed by atoms with Gasteiger partial charge in [-0.2, -0.15) is 0 Å². The molecular weight excluding hydrogens is 180 g/mol. The summed E-state index contributed by atoms with van der Waals surface area (Å²) in [5.74, 6) is -0.454. The van der Waals surface area contributed by atoms with Gasteiger partial charge < -0.3 is 10.6 Å². The van der Waals surface area contributed by atoms with Gasteiger partial charge in [0.15, 0.2) is 0 Å². The van der Waals surface area contributed by atoms with Gasteiger partial charge in [0.2, 0.25) is 0 Å². The van der Waals surface area contributed by atoms with E-state index >= 15 is 0 Å². The first-order valence-electron chi connectivity index (χ1n) is 4.23. The summed E-state index contributed by atoms with van der Waals surface area (Å²) in [6, 6.07) is -0.332. The second-order valence-electron chi connectivity index (χ2n) is 2.69. The van der Waals surface area contributed by atoms with Gasteiger partial charge >= 0.3 is 5.97 Å². The molecule has 1 atom stereocenters. The van der Waals surface area contributed by atoms with Crippen LogP contribution in [0.1, 0.15) is 6.92 Å². The highest BCUT2D eigenvalue weighted by Crippen LogP contribution is 1.97. The van der Waals surface area contributed by atoms with Gasteiger partial charge in [0.05, 0.1) is 0 Å². The summed E-state index contributed by atoms with van der Waals surface area (Å²) in [5.41, 5.74) is 8.40. The Morgan fingerprint density at radius 2 is 2.29 bits per heavy atom. The van der Waals surface area contributed by atoms with E-state index in [1.165, 1.54) is 6.08 Å². The summed E-state index contributed by atoms with van der Waals surface area (Å²) >= 11 is 0.